The molecule has 0 atom stereocenters. The van der Waals surface area contributed by atoms with Crippen LogP contribution >= 0.6 is 7.92 Å². The van der Waals surface area contributed by atoms with Gasteiger partial charge in [0.15, 0.2) is 0 Å². The summed E-state index contributed by atoms with van der Waals surface area (Å²) in [6.45, 7) is 0. The number of anilines is 6. The summed E-state index contributed by atoms with van der Waals surface area (Å²) in [5.41, 5.74) is 12.0. The average Bonchev–Trinajstić information content (AvgIpc) is 3.13. The van der Waals surface area contributed by atoms with Crippen LogP contribution in [-0.2, 0) is 0 Å². The maximum Gasteiger partial charge on any atom is 0.137 e. The van der Waals surface area contributed by atoms with Crippen LogP contribution in [0.3, 0.4) is 0 Å². The molecular formula is C42H27N2OP. The van der Waals surface area contributed by atoms with Crippen molar-refractivity contribution < 1.29 is 4.74 Å². The minimum Gasteiger partial charge on any atom is -0.456 e. The van der Waals surface area contributed by atoms with Crippen LogP contribution in [0.15, 0.2) is 164 Å². The Kier molecular flexibility index (Phi) is 5.55. The van der Waals surface area contributed by atoms with E-state index >= 15 is 0 Å². The van der Waals surface area contributed by atoms with Crippen LogP contribution in [-0.4, -0.2) is 0 Å². The lowest BCUT2D eigenvalue weighted by Gasteiger charge is -2.47. The van der Waals surface area contributed by atoms with Gasteiger partial charge < -0.3 is 14.5 Å². The summed E-state index contributed by atoms with van der Waals surface area (Å²) in [5, 5.41) is 3.96. The average molecular weight is 607 g/mol. The molecule has 0 bridgehead atoms. The molecule has 0 fully saturated rings. The van der Waals surface area contributed by atoms with Crippen LogP contribution in [0.5, 0.6) is 11.5 Å². The molecule has 10 rings (SSSR count). The van der Waals surface area contributed by atoms with Gasteiger partial charge in [-0.1, -0.05) is 103 Å². The Morgan fingerprint density at radius 1 is 0.326 bits per heavy atom. The van der Waals surface area contributed by atoms with Gasteiger partial charge >= 0.3 is 0 Å². The molecule has 216 valence electrons. The fraction of sp³-hybridized carbons (Fsp3) is 0. The third kappa shape index (κ3) is 3.70. The van der Waals surface area contributed by atoms with Gasteiger partial charge in [-0.25, -0.2) is 0 Å². The van der Waals surface area contributed by atoms with Gasteiger partial charge in [-0.3, -0.25) is 0 Å². The SMILES string of the molecule is c1ccc(-c2ccc(N3c4cccc5c4P4c6c(cccc6N(c6ccc(-c7ccccc7)cc6)c6cccc3c64)O5)cc2)cc1. The normalized spacial score (nSPS) is 13.7. The molecule has 4 heteroatoms. The first-order chi connectivity index (χ1) is 22.8. The van der Waals surface area contributed by atoms with Crippen molar-refractivity contribution in [2.75, 3.05) is 9.80 Å². The molecule has 0 aromatic heterocycles. The zero-order valence-electron chi connectivity index (χ0n) is 24.8. The maximum absolute atomic E-state index is 6.73. The highest BCUT2D eigenvalue weighted by atomic mass is 31.1. The minimum absolute atomic E-state index is 0.831. The highest BCUT2D eigenvalue weighted by Crippen LogP contribution is 2.61. The van der Waals surface area contributed by atoms with E-state index in [2.05, 4.69) is 174 Å². The zero-order chi connectivity index (χ0) is 30.2. The zero-order valence-corrected chi connectivity index (χ0v) is 25.7. The molecule has 7 aromatic rings. The monoisotopic (exact) mass is 606 g/mol. The minimum atomic E-state index is -0.831. The van der Waals surface area contributed by atoms with Crippen LogP contribution in [0.25, 0.3) is 22.3 Å². The topological polar surface area (TPSA) is 15.7 Å². The molecule has 0 spiro atoms. The molecule has 0 radical (unpaired) electrons. The molecule has 0 saturated heterocycles. The first kappa shape index (κ1) is 25.7. The van der Waals surface area contributed by atoms with E-state index in [4.69, 9.17) is 4.74 Å². The van der Waals surface area contributed by atoms with E-state index in [1.807, 2.05) is 0 Å². The van der Waals surface area contributed by atoms with Crippen LogP contribution < -0.4 is 30.5 Å². The fourth-order valence-electron chi connectivity index (χ4n) is 7.24. The van der Waals surface area contributed by atoms with Crippen molar-refractivity contribution in [2.45, 2.75) is 0 Å². The van der Waals surface area contributed by atoms with Gasteiger partial charge in [-0.15, -0.1) is 0 Å². The number of hydrogen-bond acceptors (Lipinski definition) is 3. The largest absolute Gasteiger partial charge is 0.456 e. The Balaban J connectivity index is 1.18. The molecule has 0 N–H and O–H groups in total. The summed E-state index contributed by atoms with van der Waals surface area (Å²) in [7, 11) is -0.831. The molecule has 0 saturated carbocycles. The Morgan fingerprint density at radius 2 is 0.696 bits per heavy atom. The summed E-state index contributed by atoms with van der Waals surface area (Å²) in [5.74, 6) is 1.92. The number of ether oxygens (including phenoxy) is 1. The number of nitrogens with zero attached hydrogens (tertiary/aromatic N) is 2. The lowest BCUT2D eigenvalue weighted by atomic mass is 10.0. The molecule has 46 heavy (non-hydrogen) atoms. The first-order valence-corrected chi connectivity index (χ1v) is 17.0. The van der Waals surface area contributed by atoms with E-state index in [0.29, 0.717) is 0 Å². The van der Waals surface area contributed by atoms with Gasteiger partial charge in [0.05, 0.1) is 33.4 Å². The first-order valence-electron chi connectivity index (χ1n) is 15.6. The van der Waals surface area contributed by atoms with Gasteiger partial charge in [0.25, 0.3) is 0 Å². The Morgan fingerprint density at radius 3 is 1.13 bits per heavy atom. The third-order valence-corrected chi connectivity index (χ3v) is 12.0. The smallest absolute Gasteiger partial charge is 0.137 e. The van der Waals surface area contributed by atoms with Gasteiger partial charge in [0, 0.05) is 24.6 Å². The van der Waals surface area contributed by atoms with Crippen molar-refractivity contribution >= 4 is 58.0 Å². The standard InChI is InChI=1S/C42H27N2OP/c1-3-10-28(11-4-1)30-20-24-32(25-21-30)43-34-14-7-15-35-40(34)46-41-36(43)16-8-18-38(41)45-39-19-9-17-37(42(39)46)44(35)33-26-22-31(23-27-33)29-12-5-2-6-13-29/h1-27H. The van der Waals surface area contributed by atoms with Crippen molar-refractivity contribution in [3.8, 4) is 33.8 Å². The molecule has 3 nitrogen and oxygen atoms in total. The highest BCUT2D eigenvalue weighted by Gasteiger charge is 2.45. The van der Waals surface area contributed by atoms with Crippen LogP contribution in [0.4, 0.5) is 34.1 Å². The van der Waals surface area contributed by atoms with E-state index in [9.17, 15) is 0 Å². The van der Waals surface area contributed by atoms with Crippen molar-refractivity contribution in [2.24, 2.45) is 0 Å². The number of rotatable bonds is 4. The summed E-state index contributed by atoms with van der Waals surface area (Å²) < 4.78 is 6.73. The Bertz CT molecular complexity index is 2120. The van der Waals surface area contributed by atoms with Gasteiger partial charge in [-0.05, 0) is 82.9 Å². The van der Waals surface area contributed by atoms with Gasteiger partial charge in [0.1, 0.15) is 11.5 Å². The molecule has 3 aliphatic heterocycles. The van der Waals surface area contributed by atoms with Crippen LogP contribution in [0.2, 0.25) is 0 Å². The number of hydrogen-bond donors (Lipinski definition) is 0. The molecule has 3 heterocycles. The molecule has 0 amide bonds. The van der Waals surface area contributed by atoms with E-state index in [1.165, 1.54) is 60.9 Å². The van der Waals surface area contributed by atoms with Crippen LogP contribution in [0, 0.1) is 0 Å². The summed E-state index contributed by atoms with van der Waals surface area (Å²) in [6, 6.07) is 58.9. The third-order valence-electron chi connectivity index (χ3n) is 9.27. The maximum atomic E-state index is 6.73. The summed E-state index contributed by atoms with van der Waals surface area (Å²) in [4.78, 5) is 4.87. The second-order valence-corrected chi connectivity index (χ2v) is 13.8. The lowest BCUT2D eigenvalue weighted by molar-refractivity contribution is 0.488. The predicted molar refractivity (Wildman–Crippen MR) is 193 cm³/mol. The van der Waals surface area contributed by atoms with Crippen LogP contribution in [0.1, 0.15) is 0 Å². The Labute approximate surface area is 269 Å². The van der Waals surface area contributed by atoms with Crippen molar-refractivity contribution in [3.05, 3.63) is 164 Å². The molecule has 7 aromatic carbocycles. The molecule has 3 aliphatic rings. The second-order valence-electron chi connectivity index (χ2n) is 11.8. The molecule has 0 aliphatic carbocycles. The van der Waals surface area contributed by atoms with Crippen molar-refractivity contribution in [1.29, 1.82) is 0 Å². The van der Waals surface area contributed by atoms with E-state index in [-0.39, 0.29) is 0 Å². The number of benzene rings is 7. The van der Waals surface area contributed by atoms with E-state index in [0.717, 1.165) is 22.9 Å². The quantitative estimate of drug-likeness (QED) is 0.185. The van der Waals surface area contributed by atoms with E-state index in [1.54, 1.807) is 0 Å². The van der Waals surface area contributed by atoms with Crippen molar-refractivity contribution in [3.63, 3.8) is 0 Å². The van der Waals surface area contributed by atoms with E-state index < -0.39 is 7.92 Å². The summed E-state index contributed by atoms with van der Waals surface area (Å²) in [6.07, 6.45) is 0. The van der Waals surface area contributed by atoms with Gasteiger partial charge in [-0.2, -0.15) is 0 Å². The second kappa shape index (κ2) is 9.94. The highest BCUT2D eigenvalue weighted by molar-refractivity contribution is 7.81. The fourth-order valence-corrected chi connectivity index (χ4v) is 10.2. The Hall–Kier alpha value is -5.63. The molecule has 0 unspecified atom stereocenters. The van der Waals surface area contributed by atoms with Crippen molar-refractivity contribution in [1.82, 2.24) is 0 Å². The van der Waals surface area contributed by atoms with Gasteiger partial charge in [0.2, 0.25) is 0 Å². The predicted octanol–water partition coefficient (Wildman–Crippen LogP) is 10.5. The molecular weight excluding hydrogens is 579 g/mol. The summed E-state index contributed by atoms with van der Waals surface area (Å²) >= 11 is 0. The lowest BCUT2D eigenvalue weighted by Crippen LogP contribution is -2.42.